The predicted molar refractivity (Wildman–Crippen MR) is 97.1 cm³/mol. The van der Waals surface area contributed by atoms with Gasteiger partial charge in [0.05, 0.1) is 21.0 Å². The molecule has 8 heteroatoms. The highest BCUT2D eigenvalue weighted by atomic mass is 35.5. The molecule has 0 radical (unpaired) electrons. The molecule has 5 nitrogen and oxygen atoms in total. The Labute approximate surface area is 154 Å². The first kappa shape index (κ1) is 19.9. The van der Waals surface area contributed by atoms with Crippen molar-refractivity contribution in [3.8, 4) is 0 Å². The van der Waals surface area contributed by atoms with Gasteiger partial charge in [0.15, 0.2) is 0 Å². The van der Waals surface area contributed by atoms with Crippen molar-refractivity contribution >= 4 is 33.2 Å². The van der Waals surface area contributed by atoms with Crippen molar-refractivity contribution < 1.29 is 13.5 Å². The normalized spacial score (nSPS) is 24.0. The van der Waals surface area contributed by atoms with E-state index in [1.54, 1.807) is 0 Å². The Morgan fingerprint density at radius 3 is 2.46 bits per heavy atom. The SMILES string of the molecule is C[C@@H]1CCC[C@H](C)N1CC(O)CNS(=O)(=O)c1ccc(Cl)c(Cl)c1. The minimum Gasteiger partial charge on any atom is -0.390 e. The number of piperidine rings is 1. The van der Waals surface area contributed by atoms with E-state index in [2.05, 4.69) is 23.5 Å². The number of β-amino-alcohol motifs (C(OH)–C–C–N with tert-alkyl or cyclic N) is 1. The second kappa shape index (κ2) is 8.34. The lowest BCUT2D eigenvalue weighted by Crippen LogP contribution is -2.49. The lowest BCUT2D eigenvalue weighted by molar-refractivity contribution is 0.0438. The first-order valence-electron chi connectivity index (χ1n) is 8.09. The first-order valence-corrected chi connectivity index (χ1v) is 10.3. The Kier molecular flexibility index (Phi) is 6.93. The summed E-state index contributed by atoms with van der Waals surface area (Å²) < 4.78 is 27.0. The molecule has 0 spiro atoms. The van der Waals surface area contributed by atoms with Gasteiger partial charge >= 0.3 is 0 Å². The fourth-order valence-corrected chi connectivity index (χ4v) is 4.54. The van der Waals surface area contributed by atoms with Crippen LogP contribution in [0.3, 0.4) is 0 Å². The molecule has 1 aliphatic heterocycles. The van der Waals surface area contributed by atoms with Crippen LogP contribution in [0.2, 0.25) is 10.0 Å². The smallest absolute Gasteiger partial charge is 0.240 e. The summed E-state index contributed by atoms with van der Waals surface area (Å²) in [5.41, 5.74) is 0. The Morgan fingerprint density at radius 1 is 1.25 bits per heavy atom. The van der Waals surface area contributed by atoms with Crippen LogP contribution in [-0.4, -0.2) is 49.7 Å². The molecule has 0 amide bonds. The molecular weight excluding hydrogens is 371 g/mol. The highest BCUT2D eigenvalue weighted by Gasteiger charge is 2.27. The molecule has 1 aliphatic rings. The van der Waals surface area contributed by atoms with E-state index in [9.17, 15) is 13.5 Å². The van der Waals surface area contributed by atoms with Crippen LogP contribution >= 0.6 is 23.2 Å². The number of nitrogens with one attached hydrogen (secondary N) is 1. The van der Waals surface area contributed by atoms with Crippen LogP contribution in [0, 0.1) is 0 Å². The minimum atomic E-state index is -3.73. The monoisotopic (exact) mass is 394 g/mol. The number of hydrogen-bond donors (Lipinski definition) is 2. The topological polar surface area (TPSA) is 69.6 Å². The molecule has 136 valence electrons. The summed E-state index contributed by atoms with van der Waals surface area (Å²) in [6.45, 7) is 4.69. The van der Waals surface area contributed by atoms with E-state index >= 15 is 0 Å². The van der Waals surface area contributed by atoms with Crippen molar-refractivity contribution in [1.29, 1.82) is 0 Å². The number of hydrogen-bond acceptors (Lipinski definition) is 4. The maximum absolute atomic E-state index is 12.3. The van der Waals surface area contributed by atoms with Crippen molar-refractivity contribution in [3.05, 3.63) is 28.2 Å². The van der Waals surface area contributed by atoms with Crippen LogP contribution in [0.15, 0.2) is 23.1 Å². The van der Waals surface area contributed by atoms with Gasteiger partial charge in [0.25, 0.3) is 0 Å². The van der Waals surface area contributed by atoms with Crippen LogP contribution in [0.1, 0.15) is 33.1 Å². The van der Waals surface area contributed by atoms with E-state index in [1.165, 1.54) is 24.6 Å². The number of benzene rings is 1. The number of aliphatic hydroxyl groups is 1. The summed E-state index contributed by atoms with van der Waals surface area (Å²) in [4.78, 5) is 2.27. The van der Waals surface area contributed by atoms with Gasteiger partial charge in [-0.1, -0.05) is 29.6 Å². The van der Waals surface area contributed by atoms with E-state index in [0.717, 1.165) is 12.8 Å². The lowest BCUT2D eigenvalue weighted by atomic mass is 9.97. The molecule has 0 saturated carbocycles. The average Bonchev–Trinajstić information content (AvgIpc) is 2.52. The Balaban J connectivity index is 1.94. The standard InChI is InChI=1S/C16H24Cl2N2O3S/c1-11-4-3-5-12(2)20(11)10-13(21)9-19-24(22,23)14-6-7-15(17)16(18)8-14/h6-8,11-13,19,21H,3-5,9-10H2,1-2H3/t11-,12+,13?. The zero-order valence-corrected chi connectivity index (χ0v) is 16.2. The summed E-state index contributed by atoms with van der Waals surface area (Å²) in [6, 6.07) is 4.92. The molecule has 1 saturated heterocycles. The van der Waals surface area contributed by atoms with Gasteiger partial charge in [-0.2, -0.15) is 0 Å². The zero-order valence-electron chi connectivity index (χ0n) is 13.9. The molecule has 0 aromatic heterocycles. The fraction of sp³-hybridized carbons (Fsp3) is 0.625. The molecule has 0 bridgehead atoms. The van der Waals surface area contributed by atoms with E-state index in [1.807, 2.05) is 0 Å². The molecule has 1 aromatic carbocycles. The number of likely N-dealkylation sites (tertiary alicyclic amines) is 1. The van der Waals surface area contributed by atoms with Crippen molar-refractivity contribution in [2.24, 2.45) is 0 Å². The Hall–Kier alpha value is -0.370. The number of aliphatic hydroxyl groups excluding tert-OH is 1. The lowest BCUT2D eigenvalue weighted by Gasteiger charge is -2.40. The fourth-order valence-electron chi connectivity index (χ4n) is 3.08. The Bertz CT molecular complexity index is 659. The van der Waals surface area contributed by atoms with Gasteiger partial charge in [-0.15, -0.1) is 0 Å². The molecular formula is C16H24Cl2N2O3S. The maximum Gasteiger partial charge on any atom is 0.240 e. The molecule has 1 unspecified atom stereocenters. The minimum absolute atomic E-state index is 0.0313. The second-order valence-electron chi connectivity index (χ2n) is 6.41. The molecule has 1 aromatic rings. The number of rotatable bonds is 6. The largest absolute Gasteiger partial charge is 0.390 e. The van der Waals surface area contributed by atoms with E-state index < -0.39 is 16.1 Å². The summed E-state index contributed by atoms with van der Waals surface area (Å²) >= 11 is 11.7. The maximum atomic E-state index is 12.3. The van der Waals surface area contributed by atoms with Crippen LogP contribution in [0.25, 0.3) is 0 Å². The van der Waals surface area contributed by atoms with Gasteiger partial charge in [0.2, 0.25) is 10.0 Å². The molecule has 24 heavy (non-hydrogen) atoms. The highest BCUT2D eigenvalue weighted by Crippen LogP contribution is 2.25. The first-order chi connectivity index (χ1) is 11.2. The third-order valence-electron chi connectivity index (χ3n) is 4.51. The number of halogens is 2. The molecule has 0 aliphatic carbocycles. The van der Waals surface area contributed by atoms with Gasteiger partial charge < -0.3 is 5.11 Å². The van der Waals surface area contributed by atoms with E-state index in [-0.39, 0.29) is 16.5 Å². The van der Waals surface area contributed by atoms with Gasteiger partial charge in [0.1, 0.15) is 0 Å². The molecule has 1 fully saturated rings. The molecule has 1 heterocycles. The van der Waals surface area contributed by atoms with Crippen LogP contribution in [-0.2, 0) is 10.0 Å². The molecule has 2 rings (SSSR count). The van der Waals surface area contributed by atoms with E-state index in [4.69, 9.17) is 23.2 Å². The van der Waals surface area contributed by atoms with Crippen molar-refractivity contribution in [2.75, 3.05) is 13.1 Å². The van der Waals surface area contributed by atoms with E-state index in [0.29, 0.717) is 23.7 Å². The van der Waals surface area contributed by atoms with Crippen LogP contribution in [0.5, 0.6) is 0 Å². The number of nitrogens with zero attached hydrogens (tertiary/aromatic N) is 1. The third-order valence-corrected chi connectivity index (χ3v) is 6.67. The van der Waals surface area contributed by atoms with Crippen molar-refractivity contribution in [3.63, 3.8) is 0 Å². The second-order valence-corrected chi connectivity index (χ2v) is 8.99. The zero-order chi connectivity index (χ0) is 17.9. The summed E-state index contributed by atoms with van der Waals surface area (Å²) in [6.07, 6.45) is 2.63. The van der Waals surface area contributed by atoms with Crippen LogP contribution in [0.4, 0.5) is 0 Å². The predicted octanol–water partition coefficient (Wildman–Crippen LogP) is 2.90. The number of sulfonamides is 1. The average molecular weight is 395 g/mol. The van der Waals surface area contributed by atoms with Crippen molar-refractivity contribution in [1.82, 2.24) is 9.62 Å². The quantitative estimate of drug-likeness (QED) is 0.777. The summed E-state index contributed by atoms with van der Waals surface area (Å²) in [5.74, 6) is 0. The molecule has 3 atom stereocenters. The van der Waals surface area contributed by atoms with Gasteiger partial charge in [-0.3, -0.25) is 4.90 Å². The van der Waals surface area contributed by atoms with Crippen LogP contribution < -0.4 is 4.72 Å². The third kappa shape index (κ3) is 5.07. The van der Waals surface area contributed by atoms with Gasteiger partial charge in [0, 0.05) is 25.2 Å². The Morgan fingerprint density at radius 2 is 1.88 bits per heavy atom. The highest BCUT2D eigenvalue weighted by molar-refractivity contribution is 7.89. The van der Waals surface area contributed by atoms with Gasteiger partial charge in [-0.25, -0.2) is 13.1 Å². The summed E-state index contributed by atoms with van der Waals surface area (Å²) in [5, 5.41) is 10.7. The van der Waals surface area contributed by atoms with Gasteiger partial charge in [-0.05, 0) is 44.9 Å². The summed E-state index contributed by atoms with van der Waals surface area (Å²) in [7, 11) is -3.73. The molecule has 2 N–H and O–H groups in total. The van der Waals surface area contributed by atoms with Crippen molar-refractivity contribution in [2.45, 2.75) is 56.2 Å².